The number of aromatic nitrogens is 2. The van der Waals surface area contributed by atoms with E-state index in [0.29, 0.717) is 17.3 Å². The number of hydrogen-bond donors (Lipinski definition) is 2. The minimum Gasteiger partial charge on any atom is -0.381 e. The molecule has 1 fully saturated rings. The number of nitrogens with zero attached hydrogens (tertiary/aromatic N) is 3. The zero-order valence-corrected chi connectivity index (χ0v) is 16.4. The van der Waals surface area contributed by atoms with Crippen molar-refractivity contribution in [2.24, 2.45) is 5.73 Å². The Morgan fingerprint density at radius 3 is 2.52 bits per heavy atom. The fourth-order valence-electron chi connectivity index (χ4n) is 3.89. The van der Waals surface area contributed by atoms with Crippen molar-refractivity contribution in [2.45, 2.75) is 44.7 Å². The van der Waals surface area contributed by atoms with Gasteiger partial charge in [0.1, 0.15) is 11.8 Å². The van der Waals surface area contributed by atoms with Gasteiger partial charge in [-0.05, 0) is 62.4 Å². The maximum absolute atomic E-state index is 12.3. The fourth-order valence-corrected chi connectivity index (χ4v) is 3.89. The molecule has 1 aliphatic carbocycles. The van der Waals surface area contributed by atoms with Crippen LogP contribution in [0, 0.1) is 11.3 Å². The molecule has 0 aliphatic heterocycles. The molecule has 0 saturated heterocycles. The van der Waals surface area contributed by atoms with Crippen LogP contribution >= 0.6 is 0 Å². The Morgan fingerprint density at radius 1 is 1.10 bits per heavy atom. The predicted molar refractivity (Wildman–Crippen MR) is 114 cm³/mol. The molecule has 1 aromatic carbocycles. The molecule has 2 heterocycles. The Kier molecular flexibility index (Phi) is 5.24. The van der Waals surface area contributed by atoms with Gasteiger partial charge in [-0.2, -0.15) is 5.26 Å². The number of anilines is 1. The molecule has 3 N–H and O–H groups in total. The predicted octanol–water partition coefficient (Wildman–Crippen LogP) is 4.05. The topological polar surface area (TPSA) is 105 Å². The third-order valence-corrected chi connectivity index (χ3v) is 5.58. The van der Waals surface area contributed by atoms with Gasteiger partial charge >= 0.3 is 0 Å². The highest BCUT2D eigenvalue weighted by atomic mass is 16.1. The van der Waals surface area contributed by atoms with Gasteiger partial charge in [-0.15, -0.1) is 0 Å². The van der Waals surface area contributed by atoms with Gasteiger partial charge < -0.3 is 11.1 Å². The van der Waals surface area contributed by atoms with Crippen LogP contribution in [0.3, 0.4) is 0 Å². The number of nitrogens with one attached hydrogen (secondary N) is 1. The van der Waals surface area contributed by atoms with E-state index in [9.17, 15) is 4.79 Å². The summed E-state index contributed by atoms with van der Waals surface area (Å²) < 4.78 is 0. The van der Waals surface area contributed by atoms with E-state index >= 15 is 0 Å². The van der Waals surface area contributed by atoms with Crippen LogP contribution in [0.25, 0.3) is 22.0 Å². The van der Waals surface area contributed by atoms with Crippen LogP contribution < -0.4 is 11.1 Å². The standard InChI is InChI=1S/C23H23N5O/c1-14(29)21-13-27-22-9-3-15(16-2-6-19(11-24)26-12-16)10-20(22)23(21)28-18-7-4-17(25)5-8-18/h2-3,6,9-10,12-13,17-18H,4-5,7-8,25H2,1H3,(H,27,28)/t17-,18-. The molecular weight excluding hydrogens is 362 g/mol. The van der Waals surface area contributed by atoms with Crippen molar-refractivity contribution in [2.75, 3.05) is 5.32 Å². The van der Waals surface area contributed by atoms with Crippen molar-refractivity contribution in [3.05, 3.63) is 54.0 Å². The molecule has 4 rings (SSSR count). The number of nitriles is 1. The van der Waals surface area contributed by atoms with Crippen LogP contribution in [0.15, 0.2) is 42.7 Å². The lowest BCUT2D eigenvalue weighted by Crippen LogP contribution is -2.33. The first-order chi connectivity index (χ1) is 14.0. The largest absolute Gasteiger partial charge is 0.381 e. The lowest BCUT2D eigenvalue weighted by Gasteiger charge is -2.28. The van der Waals surface area contributed by atoms with Crippen LogP contribution in [0.1, 0.15) is 48.7 Å². The van der Waals surface area contributed by atoms with Gasteiger partial charge in [-0.3, -0.25) is 9.78 Å². The Bertz CT molecular complexity index is 1090. The van der Waals surface area contributed by atoms with Crippen molar-refractivity contribution >= 4 is 22.4 Å². The number of hydrogen-bond acceptors (Lipinski definition) is 6. The molecule has 3 aromatic rings. The van der Waals surface area contributed by atoms with Crippen LogP contribution in [-0.4, -0.2) is 27.8 Å². The van der Waals surface area contributed by atoms with E-state index < -0.39 is 0 Å². The summed E-state index contributed by atoms with van der Waals surface area (Å²) in [6.07, 6.45) is 7.29. The SMILES string of the molecule is CC(=O)c1cnc2ccc(-c3ccc(C#N)nc3)cc2c1N[C@H]1CC[C@H](N)CC1. The second-order valence-electron chi connectivity index (χ2n) is 7.63. The molecule has 0 amide bonds. The molecule has 1 aliphatic rings. The molecule has 0 spiro atoms. The maximum Gasteiger partial charge on any atom is 0.163 e. The van der Waals surface area contributed by atoms with E-state index in [4.69, 9.17) is 11.0 Å². The summed E-state index contributed by atoms with van der Waals surface area (Å²) in [7, 11) is 0. The fraction of sp³-hybridized carbons (Fsp3) is 0.304. The first kappa shape index (κ1) is 19.0. The van der Waals surface area contributed by atoms with Crippen molar-refractivity contribution in [1.29, 1.82) is 5.26 Å². The molecule has 0 atom stereocenters. The van der Waals surface area contributed by atoms with Gasteiger partial charge in [0.05, 0.1) is 16.8 Å². The molecule has 2 aromatic heterocycles. The number of fused-ring (bicyclic) bond motifs is 1. The first-order valence-corrected chi connectivity index (χ1v) is 9.87. The molecule has 0 unspecified atom stereocenters. The third-order valence-electron chi connectivity index (χ3n) is 5.58. The summed E-state index contributed by atoms with van der Waals surface area (Å²) in [6, 6.07) is 12.1. The van der Waals surface area contributed by atoms with E-state index in [0.717, 1.165) is 53.4 Å². The van der Waals surface area contributed by atoms with Gasteiger partial charge in [0.15, 0.2) is 5.78 Å². The second kappa shape index (κ2) is 7.98. The molecule has 0 bridgehead atoms. The minimum absolute atomic E-state index is 0.0140. The zero-order valence-electron chi connectivity index (χ0n) is 16.4. The summed E-state index contributed by atoms with van der Waals surface area (Å²) in [5.41, 5.74) is 10.6. The zero-order chi connectivity index (χ0) is 20.4. The van der Waals surface area contributed by atoms with Gasteiger partial charge in [-0.25, -0.2) is 4.98 Å². The lowest BCUT2D eigenvalue weighted by molar-refractivity contribution is 0.101. The average molecular weight is 385 g/mol. The molecule has 6 heteroatoms. The van der Waals surface area contributed by atoms with Crippen LogP contribution in [0.5, 0.6) is 0 Å². The average Bonchev–Trinajstić information content (AvgIpc) is 2.75. The maximum atomic E-state index is 12.3. The molecule has 0 radical (unpaired) electrons. The Balaban J connectivity index is 1.78. The van der Waals surface area contributed by atoms with Crippen LogP contribution in [0.4, 0.5) is 5.69 Å². The Hall–Kier alpha value is -3.30. The summed E-state index contributed by atoms with van der Waals surface area (Å²) in [5, 5.41) is 13.5. The van der Waals surface area contributed by atoms with Crippen LogP contribution in [0.2, 0.25) is 0 Å². The smallest absolute Gasteiger partial charge is 0.163 e. The van der Waals surface area contributed by atoms with E-state index in [2.05, 4.69) is 15.3 Å². The van der Waals surface area contributed by atoms with Crippen LogP contribution in [-0.2, 0) is 0 Å². The highest BCUT2D eigenvalue weighted by Gasteiger charge is 2.21. The summed E-state index contributed by atoms with van der Waals surface area (Å²) in [4.78, 5) is 20.9. The molecule has 29 heavy (non-hydrogen) atoms. The molecule has 146 valence electrons. The number of carbonyl (C=O) groups excluding carboxylic acids is 1. The highest BCUT2D eigenvalue weighted by Crippen LogP contribution is 2.33. The number of carbonyl (C=O) groups is 1. The quantitative estimate of drug-likeness (QED) is 0.657. The molecule has 1 saturated carbocycles. The minimum atomic E-state index is -0.0140. The Morgan fingerprint density at radius 2 is 1.86 bits per heavy atom. The number of Topliss-reactive ketones (excluding diaryl/α,β-unsaturated/α-hetero) is 1. The number of rotatable bonds is 4. The van der Waals surface area contributed by atoms with Gasteiger partial charge in [0.25, 0.3) is 0 Å². The van der Waals surface area contributed by atoms with Gasteiger partial charge in [0, 0.05) is 35.4 Å². The number of pyridine rings is 2. The molecule has 6 nitrogen and oxygen atoms in total. The second-order valence-corrected chi connectivity index (χ2v) is 7.63. The van der Waals surface area contributed by atoms with Gasteiger partial charge in [-0.1, -0.05) is 6.07 Å². The highest BCUT2D eigenvalue weighted by molar-refractivity contribution is 6.07. The lowest BCUT2D eigenvalue weighted by atomic mass is 9.91. The van der Waals surface area contributed by atoms with E-state index in [1.54, 1.807) is 25.4 Å². The van der Waals surface area contributed by atoms with Gasteiger partial charge in [0.2, 0.25) is 0 Å². The van der Waals surface area contributed by atoms with E-state index in [-0.39, 0.29) is 11.8 Å². The van der Waals surface area contributed by atoms with Crippen molar-refractivity contribution < 1.29 is 4.79 Å². The Labute approximate surface area is 169 Å². The monoisotopic (exact) mass is 385 g/mol. The number of nitrogens with two attached hydrogens (primary N) is 1. The van der Waals surface area contributed by atoms with E-state index in [1.165, 1.54) is 0 Å². The summed E-state index contributed by atoms with van der Waals surface area (Å²) in [5.74, 6) is -0.0140. The normalized spacial score (nSPS) is 18.9. The van der Waals surface area contributed by atoms with Crippen molar-refractivity contribution in [3.8, 4) is 17.2 Å². The number of ketones is 1. The summed E-state index contributed by atoms with van der Waals surface area (Å²) >= 11 is 0. The van der Waals surface area contributed by atoms with E-state index in [1.807, 2.05) is 30.3 Å². The number of benzene rings is 1. The van der Waals surface area contributed by atoms with Crippen molar-refractivity contribution in [1.82, 2.24) is 9.97 Å². The molecular formula is C23H23N5O. The first-order valence-electron chi connectivity index (χ1n) is 9.87. The third kappa shape index (κ3) is 3.96. The van der Waals surface area contributed by atoms with Crippen molar-refractivity contribution in [3.63, 3.8) is 0 Å². The summed E-state index contributed by atoms with van der Waals surface area (Å²) in [6.45, 7) is 1.57.